The van der Waals surface area contributed by atoms with Crippen LogP contribution in [0.2, 0.25) is 0 Å². The van der Waals surface area contributed by atoms with Gasteiger partial charge in [-0.1, -0.05) is 12.1 Å². The lowest BCUT2D eigenvalue weighted by atomic mass is 10.1. The maximum absolute atomic E-state index is 12.0. The molecule has 1 aliphatic heterocycles. The monoisotopic (exact) mass is 271 g/mol. The molecule has 3 rings (SSSR count). The maximum Gasteiger partial charge on any atom is 0.187 e. The topological polar surface area (TPSA) is 67.0 Å². The van der Waals surface area contributed by atoms with E-state index >= 15 is 0 Å². The molecular weight excluding hydrogens is 254 g/mol. The van der Waals surface area contributed by atoms with Crippen LogP contribution in [-0.2, 0) is 6.42 Å². The van der Waals surface area contributed by atoms with Crippen LogP contribution in [-0.4, -0.2) is 35.2 Å². The molecule has 1 aromatic carbocycles. The first-order valence-electron chi connectivity index (χ1n) is 6.72. The van der Waals surface area contributed by atoms with Gasteiger partial charge in [-0.25, -0.2) is 0 Å². The van der Waals surface area contributed by atoms with Crippen molar-refractivity contribution in [3.05, 3.63) is 47.3 Å². The Kier molecular flexibility index (Phi) is 3.52. The van der Waals surface area contributed by atoms with E-state index in [-0.39, 0.29) is 11.9 Å². The molecule has 104 valence electrons. The molecule has 1 saturated heterocycles. The average molecular weight is 271 g/mol. The predicted molar refractivity (Wildman–Crippen MR) is 75.1 cm³/mol. The first kappa shape index (κ1) is 12.9. The van der Waals surface area contributed by atoms with Gasteiger partial charge in [0.2, 0.25) is 0 Å². The van der Waals surface area contributed by atoms with Gasteiger partial charge in [-0.15, -0.1) is 0 Å². The van der Waals surface area contributed by atoms with Crippen molar-refractivity contribution in [3.8, 4) is 5.75 Å². The number of hydrogen-bond acceptors (Lipinski definition) is 4. The highest BCUT2D eigenvalue weighted by atomic mass is 16.5. The first-order chi connectivity index (χ1) is 9.70. The van der Waals surface area contributed by atoms with Crippen LogP contribution in [0.5, 0.6) is 5.75 Å². The average Bonchev–Trinajstić information content (AvgIpc) is 2.82. The molecule has 2 aromatic rings. The molecule has 1 fully saturated rings. The number of nitrogens with one attached hydrogen (secondary N) is 2. The van der Waals surface area contributed by atoms with Crippen LogP contribution in [0.15, 0.2) is 30.3 Å². The predicted octanol–water partition coefficient (Wildman–Crippen LogP) is 1.49. The molecule has 2 N–H and O–H groups in total. The van der Waals surface area contributed by atoms with Crippen molar-refractivity contribution in [2.75, 3.05) is 13.1 Å². The second kappa shape index (κ2) is 5.46. The van der Waals surface area contributed by atoms with Crippen molar-refractivity contribution >= 4 is 5.78 Å². The van der Waals surface area contributed by atoms with Gasteiger partial charge in [-0.05, 0) is 30.7 Å². The van der Waals surface area contributed by atoms with Gasteiger partial charge in [0, 0.05) is 25.2 Å². The van der Waals surface area contributed by atoms with Crippen molar-refractivity contribution in [2.45, 2.75) is 19.4 Å². The number of aryl methyl sites for hydroxylation is 1. The van der Waals surface area contributed by atoms with Crippen molar-refractivity contribution in [1.82, 2.24) is 15.5 Å². The summed E-state index contributed by atoms with van der Waals surface area (Å²) in [6.45, 7) is 3.68. The minimum Gasteiger partial charge on any atom is -0.488 e. The second-order valence-electron chi connectivity index (χ2n) is 5.08. The number of benzene rings is 1. The highest BCUT2D eigenvalue weighted by Gasteiger charge is 2.18. The molecule has 0 amide bonds. The number of carbonyl (C=O) groups is 1. The number of H-pyrrole nitrogens is 1. The molecule has 5 nitrogen and oxygen atoms in total. The van der Waals surface area contributed by atoms with Crippen LogP contribution in [0, 0.1) is 6.92 Å². The quantitative estimate of drug-likeness (QED) is 0.809. The summed E-state index contributed by atoms with van der Waals surface area (Å²) in [5.41, 5.74) is 2.35. The van der Waals surface area contributed by atoms with Gasteiger partial charge in [-0.3, -0.25) is 9.89 Å². The second-order valence-corrected chi connectivity index (χ2v) is 5.08. The molecule has 1 aromatic heterocycles. The highest BCUT2D eigenvalue weighted by molar-refractivity contribution is 5.95. The van der Waals surface area contributed by atoms with Crippen LogP contribution in [0.4, 0.5) is 0 Å². The summed E-state index contributed by atoms with van der Waals surface area (Å²) in [4.78, 5) is 12.0. The molecule has 0 aliphatic carbocycles. The van der Waals surface area contributed by atoms with Gasteiger partial charge in [0.1, 0.15) is 17.5 Å². The Labute approximate surface area is 117 Å². The Morgan fingerprint density at radius 1 is 1.35 bits per heavy atom. The third kappa shape index (κ3) is 2.88. The van der Waals surface area contributed by atoms with Crippen LogP contribution >= 0.6 is 0 Å². The Hall–Kier alpha value is -2.14. The minimum atomic E-state index is 0.0196. The minimum absolute atomic E-state index is 0.0196. The summed E-state index contributed by atoms with van der Waals surface area (Å²) in [6.07, 6.45) is 0.629. The zero-order valence-corrected chi connectivity index (χ0v) is 11.3. The van der Waals surface area contributed by atoms with Gasteiger partial charge in [0.05, 0.1) is 0 Å². The molecule has 1 aliphatic rings. The van der Waals surface area contributed by atoms with E-state index in [1.165, 1.54) is 0 Å². The van der Waals surface area contributed by atoms with E-state index in [4.69, 9.17) is 4.74 Å². The van der Waals surface area contributed by atoms with Crippen molar-refractivity contribution in [1.29, 1.82) is 0 Å². The molecule has 5 heteroatoms. The SMILES string of the molecule is Cc1cc(C(=O)Cc2ccc(OC3CNC3)cc2)n[nH]1. The Morgan fingerprint density at radius 2 is 2.10 bits per heavy atom. The summed E-state index contributed by atoms with van der Waals surface area (Å²) in [7, 11) is 0. The van der Waals surface area contributed by atoms with Crippen LogP contribution in [0.25, 0.3) is 0 Å². The van der Waals surface area contributed by atoms with Crippen LogP contribution < -0.4 is 10.1 Å². The normalized spacial score (nSPS) is 14.8. The zero-order valence-electron chi connectivity index (χ0n) is 11.3. The van der Waals surface area contributed by atoms with E-state index in [0.29, 0.717) is 12.1 Å². The number of carbonyl (C=O) groups excluding carboxylic acids is 1. The summed E-state index contributed by atoms with van der Waals surface area (Å²) in [6, 6.07) is 9.45. The van der Waals surface area contributed by atoms with E-state index in [1.807, 2.05) is 31.2 Å². The Morgan fingerprint density at radius 3 is 2.65 bits per heavy atom. The lowest BCUT2D eigenvalue weighted by molar-refractivity contribution is 0.0988. The lowest BCUT2D eigenvalue weighted by Crippen LogP contribution is -2.50. The van der Waals surface area contributed by atoms with Crippen molar-refractivity contribution < 1.29 is 9.53 Å². The first-order valence-corrected chi connectivity index (χ1v) is 6.72. The van der Waals surface area contributed by atoms with E-state index in [2.05, 4.69) is 15.5 Å². The number of ketones is 1. The molecule has 0 radical (unpaired) electrons. The maximum atomic E-state index is 12.0. The number of aromatic nitrogens is 2. The van der Waals surface area contributed by atoms with E-state index in [9.17, 15) is 4.79 Å². The summed E-state index contributed by atoms with van der Waals surface area (Å²) < 4.78 is 5.73. The molecule has 0 atom stereocenters. The third-order valence-corrected chi connectivity index (χ3v) is 3.33. The third-order valence-electron chi connectivity index (χ3n) is 3.33. The van der Waals surface area contributed by atoms with Gasteiger partial charge in [-0.2, -0.15) is 5.10 Å². The van der Waals surface area contributed by atoms with E-state index < -0.39 is 0 Å². The lowest BCUT2D eigenvalue weighted by Gasteiger charge is -2.27. The fourth-order valence-corrected chi connectivity index (χ4v) is 2.06. The molecule has 2 heterocycles. The zero-order chi connectivity index (χ0) is 13.9. The molecule has 0 bridgehead atoms. The molecule has 20 heavy (non-hydrogen) atoms. The number of hydrogen-bond donors (Lipinski definition) is 2. The number of Topliss-reactive ketones (excluding diaryl/α,β-unsaturated/α-hetero) is 1. The van der Waals surface area contributed by atoms with Gasteiger partial charge in [0.15, 0.2) is 5.78 Å². The molecular formula is C15H17N3O2. The fraction of sp³-hybridized carbons (Fsp3) is 0.333. The van der Waals surface area contributed by atoms with Crippen LogP contribution in [0.3, 0.4) is 0 Å². The molecule has 0 spiro atoms. The Bertz CT molecular complexity index is 600. The number of rotatable bonds is 5. The summed E-state index contributed by atoms with van der Waals surface area (Å²) in [5, 5.41) is 9.92. The smallest absolute Gasteiger partial charge is 0.187 e. The van der Waals surface area contributed by atoms with Gasteiger partial charge < -0.3 is 10.1 Å². The summed E-state index contributed by atoms with van der Waals surface area (Å²) in [5.74, 6) is 0.870. The fourth-order valence-electron chi connectivity index (χ4n) is 2.06. The Balaban J connectivity index is 1.61. The van der Waals surface area contributed by atoms with E-state index in [0.717, 1.165) is 30.1 Å². The van der Waals surface area contributed by atoms with Gasteiger partial charge >= 0.3 is 0 Å². The van der Waals surface area contributed by atoms with Crippen molar-refractivity contribution in [2.24, 2.45) is 0 Å². The largest absolute Gasteiger partial charge is 0.488 e. The number of aromatic amines is 1. The van der Waals surface area contributed by atoms with Gasteiger partial charge in [0.25, 0.3) is 0 Å². The van der Waals surface area contributed by atoms with E-state index in [1.54, 1.807) is 6.07 Å². The number of nitrogens with zero attached hydrogens (tertiary/aromatic N) is 1. The molecule has 0 unspecified atom stereocenters. The highest BCUT2D eigenvalue weighted by Crippen LogP contribution is 2.16. The standard InChI is InChI=1S/C15H17N3O2/c1-10-6-14(18-17-10)15(19)7-11-2-4-12(5-3-11)20-13-8-16-9-13/h2-6,13,16H,7-9H2,1H3,(H,17,18). The number of ether oxygens (including phenoxy) is 1. The van der Waals surface area contributed by atoms with Crippen LogP contribution in [0.1, 0.15) is 21.7 Å². The van der Waals surface area contributed by atoms with Crippen molar-refractivity contribution in [3.63, 3.8) is 0 Å². The summed E-state index contributed by atoms with van der Waals surface area (Å²) >= 11 is 0. The molecule has 0 saturated carbocycles.